The summed E-state index contributed by atoms with van der Waals surface area (Å²) in [6.45, 7) is 1.58. The molecule has 0 radical (unpaired) electrons. The van der Waals surface area contributed by atoms with Crippen molar-refractivity contribution in [3.05, 3.63) is 75.2 Å². The van der Waals surface area contributed by atoms with Gasteiger partial charge in [0.1, 0.15) is 38.3 Å². The Morgan fingerprint density at radius 1 is 1.22 bits per heavy atom. The van der Waals surface area contributed by atoms with Gasteiger partial charge in [0.25, 0.3) is 0 Å². The molecule has 0 fully saturated rings. The molecule has 2 aromatic carbocycles. The third-order valence-electron chi connectivity index (χ3n) is 3.79. The van der Waals surface area contributed by atoms with E-state index in [1.165, 1.54) is 24.4 Å². The first kappa shape index (κ1) is 19.7. The number of hydrogen-bond acceptors (Lipinski definition) is 5. The van der Waals surface area contributed by atoms with Gasteiger partial charge in [-0.05, 0) is 25.1 Å². The van der Waals surface area contributed by atoms with Crippen molar-refractivity contribution < 1.29 is 21.9 Å². The molecule has 0 saturated carbocycles. The molecule has 9 heteroatoms. The van der Waals surface area contributed by atoms with E-state index in [1.807, 2.05) is 0 Å². The van der Waals surface area contributed by atoms with Gasteiger partial charge in [-0.2, -0.15) is 0 Å². The van der Waals surface area contributed by atoms with Crippen LogP contribution in [-0.2, 0) is 15.6 Å². The zero-order chi connectivity index (χ0) is 19.6. The number of rotatable bonds is 6. The molecule has 0 aliphatic heterocycles. The van der Waals surface area contributed by atoms with Gasteiger partial charge < -0.3 is 4.74 Å². The minimum absolute atomic E-state index is 0.0712. The third kappa shape index (κ3) is 4.28. The number of halogens is 3. The second-order valence-corrected chi connectivity index (χ2v) is 8.97. The van der Waals surface area contributed by atoms with Crippen molar-refractivity contribution in [3.8, 4) is 5.75 Å². The zero-order valence-electron chi connectivity index (χ0n) is 14.0. The van der Waals surface area contributed by atoms with Crippen molar-refractivity contribution in [1.29, 1.82) is 0 Å². The zero-order valence-corrected chi connectivity index (χ0v) is 16.4. The second kappa shape index (κ2) is 7.92. The first-order valence-corrected chi connectivity index (χ1v) is 10.7. The summed E-state index contributed by atoms with van der Waals surface area (Å²) in [5, 5.41) is 1.51. The quantitative estimate of drug-likeness (QED) is 0.541. The molecule has 0 N–H and O–H groups in total. The molecular weight excluding hydrogens is 416 g/mol. The predicted octanol–water partition coefficient (Wildman–Crippen LogP) is 5.19. The molecule has 0 aliphatic carbocycles. The van der Waals surface area contributed by atoms with Gasteiger partial charge in [0.15, 0.2) is 15.7 Å². The second-order valence-electron chi connectivity index (χ2n) is 5.66. The molecule has 3 rings (SSSR count). The Morgan fingerprint density at radius 2 is 1.96 bits per heavy atom. The van der Waals surface area contributed by atoms with Gasteiger partial charge in [0.2, 0.25) is 0 Å². The molecule has 1 heterocycles. The van der Waals surface area contributed by atoms with Crippen LogP contribution in [0.3, 0.4) is 0 Å². The summed E-state index contributed by atoms with van der Waals surface area (Å²) < 4.78 is 58.9. The Labute approximate surface area is 164 Å². The predicted molar refractivity (Wildman–Crippen MR) is 99.9 cm³/mol. The fraction of sp³-hybridized carbons (Fsp3) is 0.167. The minimum Gasteiger partial charge on any atom is -0.484 e. The minimum atomic E-state index is -3.97. The van der Waals surface area contributed by atoms with Crippen LogP contribution in [0.15, 0.2) is 52.9 Å². The van der Waals surface area contributed by atoms with Crippen LogP contribution in [0.5, 0.6) is 5.75 Å². The monoisotopic (exact) mass is 429 g/mol. The molecule has 0 amide bonds. The molecule has 27 heavy (non-hydrogen) atoms. The lowest BCUT2D eigenvalue weighted by Gasteiger charge is -2.17. The lowest BCUT2D eigenvalue weighted by Crippen LogP contribution is -2.10. The first-order chi connectivity index (χ1) is 12.8. The van der Waals surface area contributed by atoms with Crippen molar-refractivity contribution in [2.24, 2.45) is 0 Å². The Balaban J connectivity index is 1.88. The maximum absolute atomic E-state index is 14.6. The third-order valence-corrected chi connectivity index (χ3v) is 6.74. The molecule has 1 atom stereocenters. The van der Waals surface area contributed by atoms with Crippen LogP contribution in [0.25, 0.3) is 0 Å². The number of nitrogens with zero attached hydrogens (tertiary/aromatic N) is 1. The van der Waals surface area contributed by atoms with Crippen LogP contribution in [0, 0.1) is 11.6 Å². The van der Waals surface area contributed by atoms with E-state index < -0.39 is 43.2 Å². The van der Waals surface area contributed by atoms with Gasteiger partial charge in [0.05, 0.1) is 0 Å². The molecular formula is C18H14ClF2NO3S2. The number of hydrogen-bond donors (Lipinski definition) is 0. The van der Waals surface area contributed by atoms with Crippen LogP contribution in [0.4, 0.5) is 8.78 Å². The summed E-state index contributed by atoms with van der Waals surface area (Å²) in [5.74, 6) is -2.07. The molecule has 4 nitrogen and oxygen atoms in total. The van der Waals surface area contributed by atoms with E-state index in [1.54, 1.807) is 24.4 Å². The summed E-state index contributed by atoms with van der Waals surface area (Å²) in [7, 11) is -3.97. The van der Waals surface area contributed by atoms with Gasteiger partial charge in [0, 0.05) is 17.1 Å². The summed E-state index contributed by atoms with van der Waals surface area (Å²) >= 11 is 7.15. The van der Waals surface area contributed by atoms with E-state index in [0.717, 1.165) is 17.4 Å². The van der Waals surface area contributed by atoms with E-state index in [4.69, 9.17) is 16.3 Å². The van der Waals surface area contributed by atoms with Crippen LogP contribution in [0.2, 0.25) is 5.02 Å². The molecule has 0 aliphatic rings. The smallest absolute Gasteiger partial charge is 0.187 e. The van der Waals surface area contributed by atoms with Crippen molar-refractivity contribution in [3.63, 3.8) is 0 Å². The van der Waals surface area contributed by atoms with Crippen molar-refractivity contribution in [2.75, 3.05) is 0 Å². The van der Waals surface area contributed by atoms with Gasteiger partial charge in [-0.1, -0.05) is 29.8 Å². The number of aromatic nitrogens is 1. The highest BCUT2D eigenvalue weighted by Crippen LogP contribution is 2.35. The van der Waals surface area contributed by atoms with Gasteiger partial charge in [-0.25, -0.2) is 22.2 Å². The van der Waals surface area contributed by atoms with Crippen LogP contribution in [-0.4, -0.2) is 13.4 Å². The standard InChI is InChI=1S/C18H14ClF2NO3S2/c1-11(12-4-2-3-5-13(12)20)25-14-6-7-15(18(21)17(14)19)27(23,24)10-16-22-8-9-26-16/h2-9,11H,10H2,1H3/t11-/m0/s1. The summed E-state index contributed by atoms with van der Waals surface area (Å²) in [6.07, 6.45) is 0.723. The average molecular weight is 430 g/mol. The maximum atomic E-state index is 14.6. The first-order valence-electron chi connectivity index (χ1n) is 7.80. The summed E-state index contributed by atoms with van der Waals surface area (Å²) in [5.41, 5.74) is 0.273. The topological polar surface area (TPSA) is 56.3 Å². The van der Waals surface area contributed by atoms with Gasteiger partial charge in [-0.15, -0.1) is 11.3 Å². The number of thiazole rings is 1. The van der Waals surface area contributed by atoms with Gasteiger partial charge in [-0.3, -0.25) is 0 Å². The molecule has 1 aromatic heterocycles. The molecule has 3 aromatic rings. The molecule has 0 spiro atoms. The van der Waals surface area contributed by atoms with Crippen LogP contribution < -0.4 is 4.74 Å². The number of sulfone groups is 1. The molecule has 0 bridgehead atoms. The summed E-state index contributed by atoms with van der Waals surface area (Å²) in [6, 6.07) is 8.36. The Kier molecular flexibility index (Phi) is 5.78. The molecule has 0 saturated heterocycles. The Hall–Kier alpha value is -2.03. The Bertz CT molecular complexity index is 1060. The Morgan fingerprint density at radius 3 is 2.63 bits per heavy atom. The molecule has 0 unspecified atom stereocenters. The lowest BCUT2D eigenvalue weighted by molar-refractivity contribution is 0.220. The SMILES string of the molecule is C[C@H](Oc1ccc(S(=O)(=O)Cc2nccs2)c(F)c1Cl)c1ccccc1F. The highest BCUT2D eigenvalue weighted by atomic mass is 35.5. The van der Waals surface area contributed by atoms with Crippen LogP contribution >= 0.6 is 22.9 Å². The van der Waals surface area contributed by atoms with E-state index in [-0.39, 0.29) is 11.3 Å². The van der Waals surface area contributed by atoms with Crippen molar-refractivity contribution in [2.45, 2.75) is 23.7 Å². The lowest BCUT2D eigenvalue weighted by atomic mass is 10.1. The fourth-order valence-corrected chi connectivity index (χ4v) is 5.08. The largest absolute Gasteiger partial charge is 0.484 e. The van der Waals surface area contributed by atoms with E-state index in [9.17, 15) is 17.2 Å². The van der Waals surface area contributed by atoms with E-state index in [0.29, 0.717) is 5.01 Å². The maximum Gasteiger partial charge on any atom is 0.187 e. The fourth-order valence-electron chi connectivity index (χ4n) is 2.47. The van der Waals surface area contributed by atoms with E-state index >= 15 is 0 Å². The number of benzene rings is 2. The van der Waals surface area contributed by atoms with Crippen LogP contribution in [0.1, 0.15) is 23.6 Å². The van der Waals surface area contributed by atoms with Gasteiger partial charge >= 0.3 is 0 Å². The molecule has 142 valence electrons. The normalized spacial score (nSPS) is 12.7. The number of ether oxygens (including phenoxy) is 1. The van der Waals surface area contributed by atoms with E-state index in [2.05, 4.69) is 4.98 Å². The van der Waals surface area contributed by atoms with Crippen molar-refractivity contribution >= 4 is 32.8 Å². The average Bonchev–Trinajstić information content (AvgIpc) is 3.11. The van der Waals surface area contributed by atoms with Crippen molar-refractivity contribution in [1.82, 2.24) is 4.98 Å². The summed E-state index contributed by atoms with van der Waals surface area (Å²) in [4.78, 5) is 3.37. The highest BCUT2D eigenvalue weighted by Gasteiger charge is 2.25. The highest BCUT2D eigenvalue weighted by molar-refractivity contribution is 7.90.